The minimum atomic E-state index is 0.201. The third-order valence-electron chi connectivity index (χ3n) is 3.72. The van der Waals surface area contributed by atoms with Crippen LogP contribution in [0.25, 0.3) is 0 Å². The zero-order valence-corrected chi connectivity index (χ0v) is 16.4. The van der Waals surface area contributed by atoms with Crippen LogP contribution in [0.4, 0.5) is 0 Å². The molecular weight excluding hydrogens is 432 g/mol. The lowest BCUT2D eigenvalue weighted by Gasteiger charge is -2.32. The van der Waals surface area contributed by atoms with Gasteiger partial charge in [0, 0.05) is 20.5 Å². The number of hydrogen-bond acceptors (Lipinski definition) is 0. The fourth-order valence-corrected chi connectivity index (χ4v) is 5.20. The molecule has 1 aromatic carbocycles. The molecule has 0 saturated carbocycles. The Kier molecular flexibility index (Phi) is 8.92. The lowest BCUT2D eigenvalue weighted by molar-refractivity contribution is 0.461. The van der Waals surface area contributed by atoms with Gasteiger partial charge in [-0.3, -0.25) is 0 Å². The Balaban J connectivity index is 2.71. The first-order valence-electron chi connectivity index (χ1n) is 7.07. The molecule has 108 valence electrons. The summed E-state index contributed by atoms with van der Waals surface area (Å²) in [4.78, 5) is 0. The number of unbranched alkanes of at least 4 members (excludes halogenated alkanes) is 4. The second-order valence-corrected chi connectivity index (χ2v) is 7.17. The van der Waals surface area contributed by atoms with Gasteiger partial charge in [-0.05, 0) is 18.1 Å². The van der Waals surface area contributed by atoms with Gasteiger partial charge in [0.15, 0.2) is 0 Å². The van der Waals surface area contributed by atoms with Crippen molar-refractivity contribution in [2.45, 2.75) is 50.9 Å². The number of benzene rings is 1. The van der Waals surface area contributed by atoms with Crippen LogP contribution < -0.4 is 0 Å². The van der Waals surface area contributed by atoms with Crippen molar-refractivity contribution in [2.24, 2.45) is 0 Å². The molecule has 0 nitrogen and oxygen atoms in total. The molecule has 3 heteroatoms. The van der Waals surface area contributed by atoms with Gasteiger partial charge in [-0.15, -0.1) is 0 Å². The molecule has 0 spiro atoms. The summed E-state index contributed by atoms with van der Waals surface area (Å²) in [7, 11) is 0. The summed E-state index contributed by atoms with van der Waals surface area (Å²) >= 11 is 11.2. The molecule has 1 rings (SSSR count). The van der Waals surface area contributed by atoms with Crippen molar-refractivity contribution in [2.75, 3.05) is 10.7 Å². The van der Waals surface area contributed by atoms with Gasteiger partial charge in [0.25, 0.3) is 0 Å². The molecule has 0 aromatic heterocycles. The Morgan fingerprint density at radius 3 is 2.16 bits per heavy atom. The van der Waals surface area contributed by atoms with Crippen molar-refractivity contribution >= 4 is 47.8 Å². The van der Waals surface area contributed by atoms with Crippen LogP contribution in [0.5, 0.6) is 0 Å². The molecule has 0 fully saturated rings. The van der Waals surface area contributed by atoms with Crippen molar-refractivity contribution in [3.63, 3.8) is 0 Å². The fourth-order valence-electron chi connectivity index (χ4n) is 2.41. The topological polar surface area (TPSA) is 0 Å². The predicted molar refractivity (Wildman–Crippen MR) is 96.8 cm³/mol. The van der Waals surface area contributed by atoms with E-state index in [-0.39, 0.29) is 5.41 Å². The minimum absolute atomic E-state index is 0.201. The van der Waals surface area contributed by atoms with Gasteiger partial charge in [-0.2, -0.15) is 0 Å². The van der Waals surface area contributed by atoms with Gasteiger partial charge >= 0.3 is 0 Å². The van der Waals surface area contributed by atoms with Crippen molar-refractivity contribution in [1.29, 1.82) is 0 Å². The van der Waals surface area contributed by atoms with Crippen LogP contribution in [0.15, 0.2) is 28.7 Å². The first-order valence-corrected chi connectivity index (χ1v) is 10.1. The second-order valence-electron chi connectivity index (χ2n) is 5.19. The van der Waals surface area contributed by atoms with Gasteiger partial charge < -0.3 is 0 Å². The van der Waals surface area contributed by atoms with Crippen LogP contribution in [0.2, 0.25) is 0 Å². The van der Waals surface area contributed by atoms with E-state index in [4.69, 9.17) is 0 Å². The quantitative estimate of drug-likeness (QED) is 0.283. The summed E-state index contributed by atoms with van der Waals surface area (Å²) in [6.45, 7) is 2.27. The molecule has 0 saturated heterocycles. The van der Waals surface area contributed by atoms with Gasteiger partial charge in [0.2, 0.25) is 0 Å². The van der Waals surface area contributed by atoms with Crippen molar-refractivity contribution < 1.29 is 0 Å². The van der Waals surface area contributed by atoms with Crippen LogP contribution in [-0.2, 0) is 5.41 Å². The standard InChI is InChI=1S/C16H23Br3/c1-2-3-4-5-8-11-16(12-17,13-18)14-9-6-7-10-15(14)19/h6-7,9-10H,2-5,8,11-13H2,1H3. The number of halogens is 3. The van der Waals surface area contributed by atoms with E-state index in [0.717, 1.165) is 10.7 Å². The lowest BCUT2D eigenvalue weighted by atomic mass is 9.80. The Hall–Kier alpha value is 0.660. The summed E-state index contributed by atoms with van der Waals surface area (Å²) in [5.74, 6) is 0. The molecule has 0 aliphatic rings. The molecule has 0 aliphatic heterocycles. The van der Waals surface area contributed by atoms with Crippen LogP contribution in [0.3, 0.4) is 0 Å². The Labute approximate surface area is 143 Å². The smallest absolute Gasteiger partial charge is 0.0213 e. The van der Waals surface area contributed by atoms with Crippen LogP contribution >= 0.6 is 47.8 Å². The summed E-state index contributed by atoms with van der Waals surface area (Å²) < 4.78 is 1.22. The fraction of sp³-hybridized carbons (Fsp3) is 0.625. The van der Waals surface area contributed by atoms with E-state index in [0.29, 0.717) is 0 Å². The largest absolute Gasteiger partial charge is 0.0918 e. The predicted octanol–water partition coefficient (Wildman–Crippen LogP) is 6.84. The van der Waals surface area contributed by atoms with E-state index in [2.05, 4.69) is 79.0 Å². The van der Waals surface area contributed by atoms with E-state index < -0.39 is 0 Å². The van der Waals surface area contributed by atoms with Crippen molar-refractivity contribution in [3.05, 3.63) is 34.3 Å². The second kappa shape index (κ2) is 9.57. The van der Waals surface area contributed by atoms with Crippen LogP contribution in [0, 0.1) is 0 Å². The number of alkyl halides is 2. The highest BCUT2D eigenvalue weighted by atomic mass is 79.9. The summed E-state index contributed by atoms with van der Waals surface area (Å²) in [5, 5.41) is 2.00. The molecule has 0 heterocycles. The molecule has 19 heavy (non-hydrogen) atoms. The SMILES string of the molecule is CCCCCCCC(CBr)(CBr)c1ccccc1Br. The maximum atomic E-state index is 3.74. The molecule has 0 N–H and O–H groups in total. The minimum Gasteiger partial charge on any atom is -0.0918 e. The molecule has 0 unspecified atom stereocenters. The zero-order chi connectivity index (χ0) is 14.1. The first-order chi connectivity index (χ1) is 9.20. The van der Waals surface area contributed by atoms with Crippen LogP contribution in [0.1, 0.15) is 51.0 Å². The molecular formula is C16H23Br3. The molecule has 0 atom stereocenters. The average Bonchev–Trinajstić information content (AvgIpc) is 2.44. The average molecular weight is 455 g/mol. The zero-order valence-electron chi connectivity index (χ0n) is 11.6. The Morgan fingerprint density at radius 2 is 1.58 bits per heavy atom. The Morgan fingerprint density at radius 1 is 0.947 bits per heavy atom. The monoisotopic (exact) mass is 452 g/mol. The summed E-state index contributed by atoms with van der Waals surface area (Å²) in [5.41, 5.74) is 1.62. The highest BCUT2D eigenvalue weighted by molar-refractivity contribution is 9.10. The van der Waals surface area contributed by atoms with Gasteiger partial charge in [-0.25, -0.2) is 0 Å². The molecule has 0 bridgehead atoms. The molecule has 1 aromatic rings. The van der Waals surface area contributed by atoms with Gasteiger partial charge in [0.05, 0.1) is 0 Å². The number of hydrogen-bond donors (Lipinski definition) is 0. The van der Waals surface area contributed by atoms with E-state index in [9.17, 15) is 0 Å². The highest BCUT2D eigenvalue weighted by Crippen LogP contribution is 2.38. The van der Waals surface area contributed by atoms with Gasteiger partial charge in [-0.1, -0.05) is 105 Å². The van der Waals surface area contributed by atoms with Crippen molar-refractivity contribution in [3.8, 4) is 0 Å². The third kappa shape index (κ3) is 5.17. The summed E-state index contributed by atoms with van der Waals surface area (Å²) in [6, 6.07) is 8.62. The molecule has 0 amide bonds. The highest BCUT2D eigenvalue weighted by Gasteiger charge is 2.31. The lowest BCUT2D eigenvalue weighted by Crippen LogP contribution is -2.30. The first kappa shape index (κ1) is 17.7. The number of rotatable bonds is 9. The third-order valence-corrected chi connectivity index (χ3v) is 6.55. The van der Waals surface area contributed by atoms with E-state index in [1.54, 1.807) is 0 Å². The maximum absolute atomic E-state index is 3.74. The normalized spacial score (nSPS) is 11.8. The molecule has 0 radical (unpaired) electrons. The van der Waals surface area contributed by atoms with Crippen LogP contribution in [-0.4, -0.2) is 10.7 Å². The van der Waals surface area contributed by atoms with Gasteiger partial charge in [0.1, 0.15) is 0 Å². The van der Waals surface area contributed by atoms with E-state index in [1.807, 2.05) is 0 Å². The Bertz CT molecular complexity index is 359. The van der Waals surface area contributed by atoms with Crippen molar-refractivity contribution in [1.82, 2.24) is 0 Å². The maximum Gasteiger partial charge on any atom is 0.0213 e. The van der Waals surface area contributed by atoms with E-state index in [1.165, 1.54) is 48.6 Å². The van der Waals surface area contributed by atoms with E-state index >= 15 is 0 Å². The molecule has 0 aliphatic carbocycles. The summed E-state index contributed by atoms with van der Waals surface area (Å²) in [6.07, 6.45) is 7.93.